The van der Waals surface area contributed by atoms with E-state index < -0.39 is 11.6 Å². The number of hydrogen-bond donors (Lipinski definition) is 1. The predicted octanol–water partition coefficient (Wildman–Crippen LogP) is 4.85. The van der Waals surface area contributed by atoms with E-state index in [4.69, 9.17) is 0 Å². The minimum absolute atomic E-state index is 0.119. The van der Waals surface area contributed by atoms with Crippen LogP contribution >= 0.6 is 11.8 Å². The first kappa shape index (κ1) is 14.5. The van der Waals surface area contributed by atoms with Gasteiger partial charge >= 0.3 is 0 Å². The largest absolute Gasteiger partial charge is 0.303 e. The number of halogens is 2. The Morgan fingerprint density at radius 2 is 1.81 bits per heavy atom. The molecule has 0 spiro atoms. The van der Waals surface area contributed by atoms with Crippen molar-refractivity contribution in [3.8, 4) is 0 Å². The van der Waals surface area contributed by atoms with E-state index in [-0.39, 0.29) is 17.6 Å². The molecule has 0 saturated carbocycles. The lowest BCUT2D eigenvalue weighted by molar-refractivity contribution is 0.421. The van der Waals surface area contributed by atoms with E-state index in [1.54, 1.807) is 0 Å². The van der Waals surface area contributed by atoms with Crippen molar-refractivity contribution in [2.75, 3.05) is 5.75 Å². The molecule has 1 heterocycles. The summed E-state index contributed by atoms with van der Waals surface area (Å²) >= 11 is 1.83. The van der Waals surface area contributed by atoms with Gasteiger partial charge in [0.05, 0.1) is 0 Å². The molecular formula is C17H17F2NS. The summed E-state index contributed by atoms with van der Waals surface area (Å²) in [6.45, 7) is 1.81. The summed E-state index contributed by atoms with van der Waals surface area (Å²) in [6.07, 6.45) is 0.960. The topological polar surface area (TPSA) is 12.0 Å². The van der Waals surface area contributed by atoms with Crippen LogP contribution in [-0.2, 0) is 0 Å². The minimum atomic E-state index is -0.492. The molecule has 2 aromatic rings. The fraction of sp³-hybridized carbons (Fsp3) is 0.294. The Morgan fingerprint density at radius 3 is 2.57 bits per heavy atom. The Hall–Kier alpha value is -1.39. The highest BCUT2D eigenvalue weighted by Crippen LogP contribution is 2.37. The average Bonchev–Trinajstić information content (AvgIpc) is 2.47. The zero-order valence-corrected chi connectivity index (χ0v) is 12.6. The third kappa shape index (κ3) is 2.97. The summed E-state index contributed by atoms with van der Waals surface area (Å²) in [6, 6.07) is 12.0. The van der Waals surface area contributed by atoms with Gasteiger partial charge in [0.25, 0.3) is 0 Å². The van der Waals surface area contributed by atoms with Crippen LogP contribution in [0.25, 0.3) is 0 Å². The lowest BCUT2D eigenvalue weighted by Crippen LogP contribution is -2.28. The highest BCUT2D eigenvalue weighted by Gasteiger charge is 2.24. The van der Waals surface area contributed by atoms with Gasteiger partial charge in [-0.1, -0.05) is 24.3 Å². The first-order valence-electron chi connectivity index (χ1n) is 7.08. The molecule has 1 aliphatic rings. The fourth-order valence-electron chi connectivity index (χ4n) is 2.82. The maximum atomic E-state index is 13.9. The second-order valence-electron chi connectivity index (χ2n) is 5.25. The minimum Gasteiger partial charge on any atom is -0.303 e. The highest BCUT2D eigenvalue weighted by atomic mass is 32.2. The molecule has 4 heteroatoms. The summed E-state index contributed by atoms with van der Waals surface area (Å²) < 4.78 is 27.7. The molecule has 1 aliphatic heterocycles. The van der Waals surface area contributed by atoms with Crippen molar-refractivity contribution < 1.29 is 8.78 Å². The molecule has 0 saturated heterocycles. The number of thioether (sulfide) groups is 1. The van der Waals surface area contributed by atoms with Crippen LogP contribution in [-0.4, -0.2) is 5.75 Å². The monoisotopic (exact) mass is 305 g/mol. The van der Waals surface area contributed by atoms with Crippen molar-refractivity contribution in [3.63, 3.8) is 0 Å². The lowest BCUT2D eigenvalue weighted by atomic mass is 10.00. The van der Waals surface area contributed by atoms with Crippen molar-refractivity contribution >= 4 is 11.8 Å². The normalized spacial score (nSPS) is 19.1. The summed E-state index contributed by atoms with van der Waals surface area (Å²) in [7, 11) is 0. The van der Waals surface area contributed by atoms with E-state index >= 15 is 0 Å². The summed E-state index contributed by atoms with van der Waals surface area (Å²) in [5.41, 5.74) is 1.34. The van der Waals surface area contributed by atoms with Gasteiger partial charge in [0.2, 0.25) is 0 Å². The maximum Gasteiger partial charge on any atom is 0.130 e. The van der Waals surface area contributed by atoms with E-state index in [2.05, 4.69) is 17.4 Å². The molecular weight excluding hydrogens is 288 g/mol. The Bertz CT molecular complexity index is 624. The van der Waals surface area contributed by atoms with Gasteiger partial charge in [-0.15, -0.1) is 11.8 Å². The van der Waals surface area contributed by atoms with Gasteiger partial charge in [-0.25, -0.2) is 8.78 Å². The van der Waals surface area contributed by atoms with Crippen molar-refractivity contribution in [2.24, 2.45) is 0 Å². The Labute approximate surface area is 127 Å². The van der Waals surface area contributed by atoms with Crippen LogP contribution in [0.1, 0.15) is 36.6 Å². The third-order valence-corrected chi connectivity index (χ3v) is 4.97. The Balaban J connectivity index is 1.85. The standard InChI is InChI=1S/C17H17F2NS/c1-11(17-13(18)6-4-7-14(17)19)20-15-9-10-21-16-8-3-2-5-12(15)16/h2-8,11,15,20H,9-10H2,1H3. The van der Waals surface area contributed by atoms with Crippen molar-refractivity contribution in [3.05, 3.63) is 65.2 Å². The van der Waals surface area contributed by atoms with Crippen molar-refractivity contribution in [1.82, 2.24) is 5.32 Å². The number of rotatable bonds is 3. The molecule has 0 fully saturated rings. The van der Waals surface area contributed by atoms with E-state index in [0.29, 0.717) is 0 Å². The number of hydrogen-bond acceptors (Lipinski definition) is 2. The van der Waals surface area contributed by atoms with E-state index in [1.807, 2.05) is 30.8 Å². The van der Waals surface area contributed by atoms with Crippen LogP contribution in [0.15, 0.2) is 47.4 Å². The molecule has 2 aromatic carbocycles. The van der Waals surface area contributed by atoms with Gasteiger partial charge in [0.15, 0.2) is 0 Å². The molecule has 2 unspecified atom stereocenters. The van der Waals surface area contributed by atoms with Gasteiger partial charge in [-0.2, -0.15) is 0 Å². The van der Waals surface area contributed by atoms with Gasteiger partial charge in [-0.3, -0.25) is 0 Å². The molecule has 3 rings (SSSR count). The molecule has 0 amide bonds. The maximum absolute atomic E-state index is 13.9. The summed E-state index contributed by atoms with van der Waals surface area (Å²) in [5.74, 6) is 0.0307. The van der Waals surface area contributed by atoms with Crippen LogP contribution in [0.5, 0.6) is 0 Å². The Kier molecular flexibility index (Phi) is 4.27. The zero-order chi connectivity index (χ0) is 14.8. The SMILES string of the molecule is CC(NC1CCSc2ccccc21)c1c(F)cccc1F. The second kappa shape index (κ2) is 6.16. The molecule has 1 N–H and O–H groups in total. The molecule has 0 aliphatic carbocycles. The highest BCUT2D eigenvalue weighted by molar-refractivity contribution is 7.99. The molecule has 0 radical (unpaired) electrons. The molecule has 1 nitrogen and oxygen atoms in total. The van der Waals surface area contributed by atoms with Crippen LogP contribution < -0.4 is 5.32 Å². The third-order valence-electron chi connectivity index (χ3n) is 3.84. The summed E-state index contributed by atoms with van der Waals surface area (Å²) in [5, 5.41) is 3.38. The van der Waals surface area contributed by atoms with Crippen LogP contribution in [0, 0.1) is 11.6 Å². The van der Waals surface area contributed by atoms with Gasteiger partial charge in [-0.05, 0) is 42.9 Å². The fourth-order valence-corrected chi connectivity index (χ4v) is 3.95. The van der Waals surface area contributed by atoms with Crippen LogP contribution in [0.4, 0.5) is 8.78 Å². The average molecular weight is 305 g/mol. The van der Waals surface area contributed by atoms with E-state index in [0.717, 1.165) is 12.2 Å². The van der Waals surface area contributed by atoms with Crippen LogP contribution in [0.2, 0.25) is 0 Å². The second-order valence-corrected chi connectivity index (χ2v) is 6.39. The molecule has 2 atom stereocenters. The number of nitrogens with one attached hydrogen (secondary N) is 1. The quantitative estimate of drug-likeness (QED) is 0.869. The molecule has 0 aromatic heterocycles. The summed E-state index contributed by atoms with van der Waals surface area (Å²) in [4.78, 5) is 1.25. The molecule has 21 heavy (non-hydrogen) atoms. The number of benzene rings is 2. The first-order valence-corrected chi connectivity index (χ1v) is 8.07. The van der Waals surface area contributed by atoms with E-state index in [1.165, 1.54) is 28.7 Å². The zero-order valence-electron chi connectivity index (χ0n) is 11.8. The number of fused-ring (bicyclic) bond motifs is 1. The predicted molar refractivity (Wildman–Crippen MR) is 82.4 cm³/mol. The molecule has 110 valence electrons. The van der Waals surface area contributed by atoms with Gasteiger partial charge in [0, 0.05) is 22.5 Å². The Morgan fingerprint density at radius 1 is 1.10 bits per heavy atom. The van der Waals surface area contributed by atoms with Gasteiger partial charge in [0.1, 0.15) is 11.6 Å². The van der Waals surface area contributed by atoms with Crippen molar-refractivity contribution in [2.45, 2.75) is 30.3 Å². The lowest BCUT2D eigenvalue weighted by Gasteiger charge is -2.29. The molecule has 0 bridgehead atoms. The van der Waals surface area contributed by atoms with E-state index in [9.17, 15) is 8.78 Å². The van der Waals surface area contributed by atoms with Crippen molar-refractivity contribution in [1.29, 1.82) is 0 Å². The first-order chi connectivity index (χ1) is 10.2. The smallest absolute Gasteiger partial charge is 0.130 e. The van der Waals surface area contributed by atoms with Crippen LogP contribution in [0.3, 0.4) is 0 Å². The van der Waals surface area contributed by atoms with Gasteiger partial charge < -0.3 is 5.32 Å².